The van der Waals surface area contributed by atoms with Gasteiger partial charge in [-0.05, 0) is 61.0 Å². The summed E-state index contributed by atoms with van der Waals surface area (Å²) in [5.41, 5.74) is 5.55. The molecule has 0 saturated carbocycles. The van der Waals surface area contributed by atoms with Crippen molar-refractivity contribution in [2.45, 2.75) is 19.9 Å². The van der Waals surface area contributed by atoms with Crippen molar-refractivity contribution >= 4 is 45.9 Å². The number of likely N-dealkylation sites (N-methyl/N-ethyl adjacent to an activating group) is 1. The van der Waals surface area contributed by atoms with Crippen LogP contribution in [-0.4, -0.2) is 23.1 Å². The van der Waals surface area contributed by atoms with Gasteiger partial charge in [0.05, 0.1) is 10.5 Å². The predicted molar refractivity (Wildman–Crippen MR) is 108 cm³/mol. The molecule has 0 radical (unpaired) electrons. The standard InChI is InChI=1S/C21H19Cl2FN2/c1-13(14-3-5-18(23)19(24)9-14)11-26-20-6-4-15(22)10-16(20)17-12-25(2)8-7-21(17)26/h3-6,9-11H,7-8,12H2,1-2H3/b13-11+. The Kier molecular flexibility index (Phi) is 4.55. The summed E-state index contributed by atoms with van der Waals surface area (Å²) in [4.78, 5) is 2.32. The molecule has 2 nitrogen and oxygen atoms in total. The monoisotopic (exact) mass is 388 g/mol. The second kappa shape index (κ2) is 6.73. The lowest BCUT2D eigenvalue weighted by Crippen LogP contribution is -2.26. The van der Waals surface area contributed by atoms with E-state index in [1.807, 2.05) is 25.1 Å². The zero-order valence-electron chi connectivity index (χ0n) is 14.7. The quantitative estimate of drug-likeness (QED) is 0.515. The van der Waals surface area contributed by atoms with Crippen LogP contribution in [-0.2, 0) is 13.0 Å². The summed E-state index contributed by atoms with van der Waals surface area (Å²) in [5, 5.41) is 2.07. The lowest BCUT2D eigenvalue weighted by molar-refractivity contribution is 0.312. The predicted octanol–water partition coefficient (Wildman–Crippen LogP) is 6.09. The van der Waals surface area contributed by atoms with Crippen molar-refractivity contribution in [2.24, 2.45) is 0 Å². The van der Waals surface area contributed by atoms with Crippen LogP contribution in [0.15, 0.2) is 36.4 Å². The third-order valence-corrected chi connectivity index (χ3v) is 5.58. The first-order valence-corrected chi connectivity index (χ1v) is 9.33. The van der Waals surface area contributed by atoms with Gasteiger partial charge in [-0.3, -0.25) is 0 Å². The molecule has 0 N–H and O–H groups in total. The summed E-state index contributed by atoms with van der Waals surface area (Å²) in [5.74, 6) is -0.398. The first-order valence-electron chi connectivity index (χ1n) is 8.57. The summed E-state index contributed by atoms with van der Waals surface area (Å²) < 4.78 is 16.1. The first-order chi connectivity index (χ1) is 12.4. The molecule has 5 heteroatoms. The van der Waals surface area contributed by atoms with Crippen molar-refractivity contribution in [3.05, 3.63) is 69.1 Å². The van der Waals surface area contributed by atoms with E-state index in [-0.39, 0.29) is 5.02 Å². The third kappa shape index (κ3) is 3.05. The molecule has 1 aliphatic heterocycles. The molecule has 0 fully saturated rings. The average Bonchev–Trinajstić information content (AvgIpc) is 2.90. The normalized spacial score (nSPS) is 15.5. The van der Waals surface area contributed by atoms with Gasteiger partial charge < -0.3 is 9.47 Å². The summed E-state index contributed by atoms with van der Waals surface area (Å²) in [7, 11) is 2.13. The highest BCUT2D eigenvalue weighted by Crippen LogP contribution is 2.33. The zero-order valence-corrected chi connectivity index (χ0v) is 16.2. The molecule has 2 aromatic carbocycles. The van der Waals surface area contributed by atoms with Crippen molar-refractivity contribution in [1.29, 1.82) is 0 Å². The maximum absolute atomic E-state index is 13.8. The molecule has 0 spiro atoms. The van der Waals surface area contributed by atoms with Crippen molar-refractivity contribution in [2.75, 3.05) is 13.6 Å². The largest absolute Gasteiger partial charge is 0.320 e. The first kappa shape index (κ1) is 17.6. The average molecular weight is 389 g/mol. The Morgan fingerprint density at radius 2 is 1.96 bits per heavy atom. The van der Waals surface area contributed by atoms with E-state index in [2.05, 4.69) is 28.8 Å². The topological polar surface area (TPSA) is 8.17 Å². The number of halogens is 3. The number of hydrogen-bond acceptors (Lipinski definition) is 1. The Morgan fingerprint density at radius 3 is 2.73 bits per heavy atom. The third-order valence-electron chi connectivity index (χ3n) is 5.04. The number of fused-ring (bicyclic) bond motifs is 3. The van der Waals surface area contributed by atoms with Gasteiger partial charge in [-0.15, -0.1) is 0 Å². The Bertz CT molecular complexity index is 1040. The molecular formula is C21H19Cl2FN2. The number of nitrogens with zero attached hydrogens (tertiary/aromatic N) is 2. The second-order valence-electron chi connectivity index (χ2n) is 6.89. The fraction of sp³-hybridized carbons (Fsp3) is 0.238. The smallest absolute Gasteiger partial charge is 0.142 e. The summed E-state index contributed by atoms with van der Waals surface area (Å²) >= 11 is 12.1. The number of hydrogen-bond donors (Lipinski definition) is 0. The highest BCUT2D eigenvalue weighted by Gasteiger charge is 2.22. The van der Waals surface area contributed by atoms with Crippen molar-refractivity contribution in [3.63, 3.8) is 0 Å². The molecule has 0 unspecified atom stereocenters. The van der Waals surface area contributed by atoms with Crippen molar-refractivity contribution in [1.82, 2.24) is 9.47 Å². The molecular weight excluding hydrogens is 370 g/mol. The van der Waals surface area contributed by atoms with Gasteiger partial charge in [-0.25, -0.2) is 4.39 Å². The van der Waals surface area contributed by atoms with Gasteiger partial charge in [0.2, 0.25) is 0 Å². The molecule has 1 aliphatic rings. The summed E-state index contributed by atoms with van der Waals surface area (Å²) in [6.07, 6.45) is 3.06. The van der Waals surface area contributed by atoms with Gasteiger partial charge in [0, 0.05) is 41.8 Å². The fourth-order valence-electron chi connectivity index (χ4n) is 3.66. The van der Waals surface area contributed by atoms with Crippen LogP contribution in [0.25, 0.3) is 22.7 Å². The molecule has 0 saturated heterocycles. The van der Waals surface area contributed by atoms with Crippen LogP contribution in [0.3, 0.4) is 0 Å². The van der Waals surface area contributed by atoms with Crippen LogP contribution >= 0.6 is 23.2 Å². The van der Waals surface area contributed by atoms with Crippen LogP contribution < -0.4 is 0 Å². The van der Waals surface area contributed by atoms with Crippen LogP contribution in [0.1, 0.15) is 23.7 Å². The minimum atomic E-state index is -0.398. The van der Waals surface area contributed by atoms with E-state index in [1.165, 1.54) is 22.7 Å². The van der Waals surface area contributed by atoms with E-state index in [4.69, 9.17) is 23.2 Å². The number of benzene rings is 2. The molecule has 0 bridgehead atoms. The minimum Gasteiger partial charge on any atom is -0.320 e. The van der Waals surface area contributed by atoms with Gasteiger partial charge in [0.1, 0.15) is 5.82 Å². The van der Waals surface area contributed by atoms with Gasteiger partial charge in [0.15, 0.2) is 0 Å². The number of rotatable bonds is 2. The second-order valence-corrected chi connectivity index (χ2v) is 7.73. The molecule has 1 aromatic heterocycles. The van der Waals surface area contributed by atoms with E-state index in [9.17, 15) is 4.39 Å². The van der Waals surface area contributed by atoms with E-state index >= 15 is 0 Å². The fourth-order valence-corrected chi connectivity index (χ4v) is 3.95. The number of allylic oxidation sites excluding steroid dienone is 1. The van der Waals surface area contributed by atoms with Crippen LogP contribution in [0.4, 0.5) is 4.39 Å². The van der Waals surface area contributed by atoms with Crippen LogP contribution in [0, 0.1) is 5.82 Å². The highest BCUT2D eigenvalue weighted by molar-refractivity contribution is 6.31. The zero-order chi connectivity index (χ0) is 18.4. The molecule has 2 heterocycles. The van der Waals surface area contributed by atoms with Gasteiger partial charge in [-0.2, -0.15) is 0 Å². The summed E-state index contributed by atoms with van der Waals surface area (Å²) in [6, 6.07) is 10.9. The lowest BCUT2D eigenvalue weighted by Gasteiger charge is -2.23. The molecule has 26 heavy (non-hydrogen) atoms. The Hall–Kier alpha value is -1.81. The van der Waals surface area contributed by atoms with E-state index in [0.29, 0.717) is 0 Å². The Balaban J connectivity index is 1.89. The maximum atomic E-state index is 13.8. The molecule has 0 aliphatic carbocycles. The molecule has 3 aromatic rings. The van der Waals surface area contributed by atoms with E-state index in [0.717, 1.165) is 41.2 Å². The SMILES string of the molecule is C/C(=C\n1c2c(c3cc(Cl)ccc31)CN(C)CC2)c1ccc(Cl)c(F)c1. The van der Waals surface area contributed by atoms with Crippen molar-refractivity contribution < 1.29 is 4.39 Å². The minimum absolute atomic E-state index is 0.142. The maximum Gasteiger partial charge on any atom is 0.142 e. The molecule has 0 atom stereocenters. The number of aromatic nitrogens is 1. The Morgan fingerprint density at radius 1 is 1.15 bits per heavy atom. The van der Waals surface area contributed by atoms with E-state index < -0.39 is 5.82 Å². The molecule has 0 amide bonds. The van der Waals surface area contributed by atoms with Crippen LogP contribution in [0.2, 0.25) is 10.0 Å². The van der Waals surface area contributed by atoms with Gasteiger partial charge in [-0.1, -0.05) is 29.3 Å². The van der Waals surface area contributed by atoms with Gasteiger partial charge in [0.25, 0.3) is 0 Å². The van der Waals surface area contributed by atoms with E-state index in [1.54, 1.807) is 6.07 Å². The van der Waals surface area contributed by atoms with Crippen molar-refractivity contribution in [3.8, 4) is 0 Å². The van der Waals surface area contributed by atoms with Gasteiger partial charge >= 0.3 is 0 Å². The summed E-state index contributed by atoms with van der Waals surface area (Å²) in [6.45, 7) is 3.91. The van der Waals surface area contributed by atoms with Crippen LogP contribution in [0.5, 0.6) is 0 Å². The Labute approximate surface area is 162 Å². The molecule has 134 valence electrons. The molecule has 4 rings (SSSR count). The lowest BCUT2D eigenvalue weighted by atomic mass is 10.1. The highest BCUT2D eigenvalue weighted by atomic mass is 35.5.